The van der Waals surface area contributed by atoms with Crippen molar-refractivity contribution in [2.24, 2.45) is 0 Å². The van der Waals surface area contributed by atoms with Crippen molar-refractivity contribution in [2.45, 2.75) is 26.2 Å². The van der Waals surface area contributed by atoms with Gasteiger partial charge in [0.1, 0.15) is 0 Å². The molecule has 0 aliphatic carbocycles. The lowest BCUT2D eigenvalue weighted by Gasteiger charge is -2.06. The molecule has 0 atom stereocenters. The molecule has 0 aromatic heterocycles. The summed E-state index contributed by atoms with van der Waals surface area (Å²) >= 11 is 0. The van der Waals surface area contributed by atoms with Gasteiger partial charge in [-0.3, -0.25) is 4.79 Å². The summed E-state index contributed by atoms with van der Waals surface area (Å²) in [5.41, 5.74) is 3.80. The largest absolute Gasteiger partial charge is 0.356 e. The molecule has 0 aliphatic rings. The Morgan fingerprint density at radius 3 is 2.25 bits per heavy atom. The summed E-state index contributed by atoms with van der Waals surface area (Å²) in [5, 5.41) is 2.90. The Kier molecular flexibility index (Phi) is 5.36. The number of carbonyl (C=O) groups excluding carboxylic acids is 1. The van der Waals surface area contributed by atoms with Gasteiger partial charge in [0, 0.05) is 13.0 Å². The minimum atomic E-state index is 0.129. The van der Waals surface area contributed by atoms with E-state index in [1.807, 2.05) is 13.0 Å². The third kappa shape index (κ3) is 4.23. The highest BCUT2D eigenvalue weighted by Gasteiger charge is 1.99. The molecular weight excluding hydrogens is 246 g/mol. The predicted octanol–water partition coefficient (Wildman–Crippen LogP) is 3.81. The quantitative estimate of drug-likeness (QED) is 0.792. The smallest absolute Gasteiger partial charge is 0.219 e. The Morgan fingerprint density at radius 1 is 0.950 bits per heavy atom. The number of hydrogen-bond acceptors (Lipinski definition) is 1. The van der Waals surface area contributed by atoms with E-state index in [1.54, 1.807) is 0 Å². The van der Waals surface area contributed by atoms with Crippen LogP contribution in [0, 0.1) is 0 Å². The maximum atomic E-state index is 11.1. The zero-order valence-electron chi connectivity index (χ0n) is 11.9. The van der Waals surface area contributed by atoms with Gasteiger partial charge in [-0.25, -0.2) is 0 Å². The van der Waals surface area contributed by atoms with Crippen molar-refractivity contribution in [3.05, 3.63) is 60.2 Å². The minimum absolute atomic E-state index is 0.129. The Bertz CT molecular complexity index is 531. The van der Waals surface area contributed by atoms with Gasteiger partial charge in [-0.1, -0.05) is 61.5 Å². The molecule has 0 saturated carbocycles. The summed E-state index contributed by atoms with van der Waals surface area (Å²) in [5.74, 6) is 0.129. The monoisotopic (exact) mass is 267 g/mol. The van der Waals surface area contributed by atoms with Gasteiger partial charge in [-0.15, -0.1) is 0 Å². The number of rotatable bonds is 6. The molecule has 0 fully saturated rings. The maximum Gasteiger partial charge on any atom is 0.219 e. The number of hydrogen-bond donors (Lipinski definition) is 1. The van der Waals surface area contributed by atoms with E-state index in [2.05, 4.69) is 53.8 Å². The van der Waals surface area contributed by atoms with Gasteiger partial charge >= 0.3 is 0 Å². The zero-order valence-corrected chi connectivity index (χ0v) is 11.9. The summed E-state index contributed by atoms with van der Waals surface area (Å²) < 4.78 is 0. The zero-order chi connectivity index (χ0) is 14.2. The first-order valence-electron chi connectivity index (χ1n) is 7.20. The highest BCUT2D eigenvalue weighted by molar-refractivity contribution is 5.75. The fourth-order valence-corrected chi connectivity index (χ4v) is 2.14. The van der Waals surface area contributed by atoms with Crippen LogP contribution in [0.25, 0.3) is 11.1 Å². The molecule has 0 saturated heterocycles. The second-order valence-electron chi connectivity index (χ2n) is 4.87. The second kappa shape index (κ2) is 7.49. The summed E-state index contributed by atoms with van der Waals surface area (Å²) in [6.07, 6.45) is 2.54. The molecule has 2 nitrogen and oxygen atoms in total. The number of carbonyl (C=O) groups is 1. The highest BCUT2D eigenvalue weighted by Crippen LogP contribution is 2.19. The molecule has 0 unspecified atom stereocenters. The molecular formula is C18H21NO. The summed E-state index contributed by atoms with van der Waals surface area (Å²) in [6, 6.07) is 19.0. The second-order valence-corrected chi connectivity index (χ2v) is 4.87. The van der Waals surface area contributed by atoms with Gasteiger partial charge in [-0.05, 0) is 29.5 Å². The molecule has 1 amide bonds. The van der Waals surface area contributed by atoms with E-state index in [9.17, 15) is 4.79 Å². The van der Waals surface area contributed by atoms with E-state index in [-0.39, 0.29) is 5.91 Å². The molecule has 2 rings (SSSR count). The van der Waals surface area contributed by atoms with Gasteiger partial charge in [0.15, 0.2) is 0 Å². The van der Waals surface area contributed by atoms with Crippen LogP contribution >= 0.6 is 0 Å². The van der Waals surface area contributed by atoms with Crippen LogP contribution in [0.1, 0.15) is 25.3 Å². The lowest BCUT2D eigenvalue weighted by Crippen LogP contribution is -2.23. The lowest BCUT2D eigenvalue weighted by atomic mass is 10.0. The van der Waals surface area contributed by atoms with Crippen LogP contribution in [-0.2, 0) is 11.2 Å². The number of amides is 1. The Hall–Kier alpha value is -2.09. The average Bonchev–Trinajstić information content (AvgIpc) is 2.52. The molecule has 20 heavy (non-hydrogen) atoms. The Morgan fingerprint density at radius 2 is 1.60 bits per heavy atom. The topological polar surface area (TPSA) is 29.1 Å². The maximum absolute atomic E-state index is 11.1. The predicted molar refractivity (Wildman–Crippen MR) is 83.5 cm³/mol. The third-order valence-corrected chi connectivity index (χ3v) is 3.35. The lowest BCUT2D eigenvalue weighted by molar-refractivity contribution is -0.120. The van der Waals surface area contributed by atoms with Crippen LogP contribution in [0.15, 0.2) is 54.6 Å². The van der Waals surface area contributed by atoms with Crippen LogP contribution in [0.5, 0.6) is 0 Å². The normalized spacial score (nSPS) is 10.2. The van der Waals surface area contributed by atoms with Crippen molar-refractivity contribution in [1.29, 1.82) is 0 Å². The SMILES string of the molecule is CCC(=O)NCCCc1ccc(-c2ccccc2)cc1. The molecule has 1 N–H and O–H groups in total. The highest BCUT2D eigenvalue weighted by atomic mass is 16.1. The fourth-order valence-electron chi connectivity index (χ4n) is 2.14. The molecule has 2 aromatic carbocycles. The molecule has 104 valence electrons. The minimum Gasteiger partial charge on any atom is -0.356 e. The first kappa shape index (κ1) is 14.3. The van der Waals surface area contributed by atoms with Gasteiger partial charge in [-0.2, -0.15) is 0 Å². The number of aryl methyl sites for hydroxylation is 1. The Balaban J connectivity index is 1.85. The van der Waals surface area contributed by atoms with Crippen molar-refractivity contribution >= 4 is 5.91 Å². The Labute approximate surface area is 120 Å². The van der Waals surface area contributed by atoms with E-state index in [0.717, 1.165) is 19.4 Å². The number of nitrogens with one attached hydrogen (secondary N) is 1. The van der Waals surface area contributed by atoms with E-state index in [0.29, 0.717) is 6.42 Å². The first-order valence-corrected chi connectivity index (χ1v) is 7.20. The molecule has 0 bridgehead atoms. The van der Waals surface area contributed by atoms with Crippen molar-refractivity contribution < 1.29 is 4.79 Å². The molecule has 2 aromatic rings. The molecule has 0 aliphatic heterocycles. The summed E-state index contributed by atoms with van der Waals surface area (Å²) in [6.45, 7) is 2.63. The molecule has 0 radical (unpaired) electrons. The van der Waals surface area contributed by atoms with E-state index >= 15 is 0 Å². The molecule has 2 heteroatoms. The fraction of sp³-hybridized carbons (Fsp3) is 0.278. The third-order valence-electron chi connectivity index (χ3n) is 3.35. The van der Waals surface area contributed by atoms with Crippen molar-refractivity contribution in [3.63, 3.8) is 0 Å². The summed E-state index contributed by atoms with van der Waals surface area (Å²) in [7, 11) is 0. The van der Waals surface area contributed by atoms with Crippen LogP contribution in [0.3, 0.4) is 0 Å². The van der Waals surface area contributed by atoms with Crippen molar-refractivity contribution in [1.82, 2.24) is 5.32 Å². The van der Waals surface area contributed by atoms with Gasteiger partial charge in [0.25, 0.3) is 0 Å². The number of benzene rings is 2. The van der Waals surface area contributed by atoms with Crippen molar-refractivity contribution in [3.8, 4) is 11.1 Å². The van der Waals surface area contributed by atoms with Crippen LogP contribution in [0.2, 0.25) is 0 Å². The van der Waals surface area contributed by atoms with Gasteiger partial charge < -0.3 is 5.32 Å². The van der Waals surface area contributed by atoms with E-state index in [1.165, 1.54) is 16.7 Å². The first-order chi connectivity index (χ1) is 9.79. The van der Waals surface area contributed by atoms with E-state index in [4.69, 9.17) is 0 Å². The van der Waals surface area contributed by atoms with Crippen LogP contribution in [0.4, 0.5) is 0 Å². The van der Waals surface area contributed by atoms with Gasteiger partial charge in [0.05, 0.1) is 0 Å². The average molecular weight is 267 g/mol. The summed E-state index contributed by atoms with van der Waals surface area (Å²) in [4.78, 5) is 11.1. The van der Waals surface area contributed by atoms with Crippen molar-refractivity contribution in [2.75, 3.05) is 6.54 Å². The standard InChI is InChI=1S/C18H21NO/c1-2-18(20)19-14-6-7-15-10-12-17(13-11-15)16-8-4-3-5-9-16/h3-5,8-13H,2,6-7,14H2,1H3,(H,19,20). The molecule has 0 spiro atoms. The van der Waals surface area contributed by atoms with Crippen LogP contribution in [-0.4, -0.2) is 12.5 Å². The molecule has 0 heterocycles. The van der Waals surface area contributed by atoms with E-state index < -0.39 is 0 Å². The van der Waals surface area contributed by atoms with Crippen LogP contribution < -0.4 is 5.32 Å². The van der Waals surface area contributed by atoms with Gasteiger partial charge in [0.2, 0.25) is 5.91 Å².